The first-order chi connectivity index (χ1) is 19.3. The first-order valence-electron chi connectivity index (χ1n) is 12.9. The highest BCUT2D eigenvalue weighted by atomic mass is 19.4. The zero-order chi connectivity index (χ0) is 30.6. The Morgan fingerprint density at radius 1 is 1.05 bits per heavy atom. The minimum Gasteiger partial charge on any atom is -0.503 e. The van der Waals surface area contributed by atoms with Gasteiger partial charge in [-0.2, -0.15) is 13.2 Å². The van der Waals surface area contributed by atoms with E-state index in [0.29, 0.717) is 12.8 Å². The molecule has 2 aromatic carbocycles. The number of hydrogen-bond acceptors (Lipinski definition) is 6. The molecule has 41 heavy (non-hydrogen) atoms. The molecule has 3 aromatic rings. The zero-order valence-electron chi connectivity index (χ0n) is 23.3. The fourth-order valence-electron chi connectivity index (χ4n) is 3.88. The van der Waals surface area contributed by atoms with Crippen molar-refractivity contribution in [1.82, 2.24) is 10.3 Å². The maximum absolute atomic E-state index is 12.7. The molecule has 0 radical (unpaired) electrons. The Hall–Kier alpha value is -4.15. The number of pyridine rings is 1. The van der Waals surface area contributed by atoms with Crippen LogP contribution in [0.3, 0.4) is 0 Å². The van der Waals surface area contributed by atoms with Crippen molar-refractivity contribution in [2.45, 2.75) is 52.3 Å². The van der Waals surface area contributed by atoms with Crippen LogP contribution in [-0.2, 0) is 22.1 Å². The number of esters is 1. The average molecular weight is 579 g/mol. The first kappa shape index (κ1) is 33.1. The Balaban J connectivity index is 0.000000629. The summed E-state index contributed by atoms with van der Waals surface area (Å²) in [5.74, 6) is -1.86. The molecule has 2 atom stereocenters. The molecule has 0 saturated heterocycles. The quantitative estimate of drug-likeness (QED) is 0.218. The number of nitrogens with one attached hydrogen (secondary N) is 1. The van der Waals surface area contributed by atoms with Gasteiger partial charge >= 0.3 is 12.1 Å². The van der Waals surface area contributed by atoms with E-state index < -0.39 is 42.0 Å². The third kappa shape index (κ3) is 11.1. The number of carbonyl (C=O) groups is 2. The monoisotopic (exact) mass is 578 g/mol. The molecule has 0 saturated carbocycles. The lowest BCUT2D eigenvalue weighted by Gasteiger charge is -2.20. The van der Waals surface area contributed by atoms with Crippen molar-refractivity contribution >= 4 is 11.9 Å². The summed E-state index contributed by atoms with van der Waals surface area (Å²) in [7, 11) is 1.33. The van der Waals surface area contributed by atoms with Gasteiger partial charge in [-0.05, 0) is 62.4 Å². The van der Waals surface area contributed by atoms with Gasteiger partial charge in [0.05, 0.1) is 18.8 Å². The topological polar surface area (TPSA) is 97.8 Å². The number of rotatable bonds is 10. The number of ether oxygens (including phenoxy) is 2. The highest BCUT2D eigenvalue weighted by Gasteiger charge is 2.30. The summed E-state index contributed by atoms with van der Waals surface area (Å²) in [6, 6.07) is 12.8. The Morgan fingerprint density at radius 2 is 1.68 bits per heavy atom. The van der Waals surface area contributed by atoms with Gasteiger partial charge in [-0.3, -0.25) is 9.59 Å². The number of aryl methyl sites for hydroxylation is 1. The predicted molar refractivity (Wildman–Crippen MR) is 145 cm³/mol. The molecular weight excluding hydrogens is 544 g/mol. The van der Waals surface area contributed by atoms with E-state index in [2.05, 4.69) is 10.3 Å². The van der Waals surface area contributed by atoms with Crippen LogP contribution in [-0.4, -0.2) is 41.7 Å². The molecule has 2 N–H and O–H groups in total. The number of methoxy groups -OCH3 is 1. The molecule has 0 aliphatic carbocycles. The van der Waals surface area contributed by atoms with Gasteiger partial charge in [0, 0.05) is 12.3 Å². The van der Waals surface area contributed by atoms with Crippen LogP contribution in [0.5, 0.6) is 11.5 Å². The number of alkyl halides is 3. The van der Waals surface area contributed by atoms with Crippen molar-refractivity contribution in [1.29, 1.82) is 0 Å². The van der Waals surface area contributed by atoms with E-state index in [0.717, 1.165) is 29.7 Å². The molecule has 0 spiro atoms. The molecular formula is C30H34F4N2O5. The molecule has 0 aliphatic heterocycles. The number of amides is 1. The van der Waals surface area contributed by atoms with Gasteiger partial charge in [-0.25, -0.2) is 9.37 Å². The van der Waals surface area contributed by atoms with Crippen molar-refractivity contribution in [3.8, 4) is 11.5 Å². The summed E-state index contributed by atoms with van der Waals surface area (Å²) >= 11 is 0. The Labute approximate surface area is 236 Å². The van der Waals surface area contributed by atoms with Crippen LogP contribution in [0.1, 0.15) is 53.9 Å². The largest absolute Gasteiger partial charge is 0.503 e. The number of halogens is 4. The van der Waals surface area contributed by atoms with Gasteiger partial charge in [0.15, 0.2) is 17.2 Å². The van der Waals surface area contributed by atoms with Crippen molar-refractivity contribution in [2.24, 2.45) is 5.92 Å². The van der Waals surface area contributed by atoms with E-state index in [9.17, 15) is 32.3 Å². The van der Waals surface area contributed by atoms with Crippen molar-refractivity contribution in [3.05, 3.63) is 89.0 Å². The number of nitrogens with zero attached hydrogens (tertiary/aromatic N) is 1. The predicted octanol–water partition coefficient (Wildman–Crippen LogP) is 6.27. The lowest BCUT2D eigenvalue weighted by atomic mass is 9.91. The highest BCUT2D eigenvalue weighted by molar-refractivity contribution is 5.97. The van der Waals surface area contributed by atoms with Crippen LogP contribution < -0.4 is 10.1 Å². The average Bonchev–Trinajstić information content (AvgIpc) is 2.93. The zero-order valence-corrected chi connectivity index (χ0v) is 23.3. The van der Waals surface area contributed by atoms with Crippen LogP contribution in [0.25, 0.3) is 0 Å². The molecule has 1 unspecified atom stereocenters. The first-order valence-corrected chi connectivity index (χ1v) is 12.9. The fraction of sp³-hybridized carbons (Fsp3) is 0.367. The normalized spacial score (nSPS) is 12.4. The smallest absolute Gasteiger partial charge is 0.416 e. The molecule has 1 aromatic heterocycles. The SMILES string of the molecule is CC[C@H](Cc1ccc(C(F)(F)F)cc1)CC(C)OC(=O)CNC(=O)c1nccc(OC)c1O.Cc1ccc(F)cc1. The van der Waals surface area contributed by atoms with E-state index in [1.807, 2.05) is 13.8 Å². The molecule has 7 nitrogen and oxygen atoms in total. The summed E-state index contributed by atoms with van der Waals surface area (Å²) in [5, 5.41) is 12.3. The minimum atomic E-state index is -4.37. The van der Waals surface area contributed by atoms with E-state index >= 15 is 0 Å². The van der Waals surface area contributed by atoms with Crippen LogP contribution in [0.2, 0.25) is 0 Å². The van der Waals surface area contributed by atoms with Gasteiger partial charge in [0.1, 0.15) is 12.4 Å². The Bertz CT molecular complexity index is 1240. The van der Waals surface area contributed by atoms with Crippen molar-refractivity contribution in [2.75, 3.05) is 13.7 Å². The Kier molecular flexibility index (Phi) is 12.6. The van der Waals surface area contributed by atoms with Gasteiger partial charge < -0.3 is 19.9 Å². The molecule has 1 heterocycles. The van der Waals surface area contributed by atoms with E-state index in [4.69, 9.17) is 9.47 Å². The van der Waals surface area contributed by atoms with Gasteiger partial charge in [0.2, 0.25) is 0 Å². The third-order valence-electron chi connectivity index (χ3n) is 6.11. The Morgan fingerprint density at radius 3 is 2.22 bits per heavy atom. The summed E-state index contributed by atoms with van der Waals surface area (Å²) in [5.41, 5.74) is 0.886. The standard InChI is InChI=1S/C23H27F3N2O5.C7H7F/c1-4-15(12-16-5-7-17(8-6-16)23(24,25)26)11-14(2)33-19(29)13-28-22(31)20-21(30)18(32-3)9-10-27-20;1-6-2-4-7(8)5-3-6/h5-10,14-15,30H,4,11-13H2,1-3H3,(H,28,31);2-5H,1H3/t14?,15-;/m0./s1. The lowest BCUT2D eigenvalue weighted by molar-refractivity contribution is -0.147. The number of aromatic nitrogens is 1. The van der Waals surface area contributed by atoms with Gasteiger partial charge in [0.25, 0.3) is 5.91 Å². The molecule has 0 bridgehead atoms. The maximum Gasteiger partial charge on any atom is 0.416 e. The highest BCUT2D eigenvalue weighted by Crippen LogP contribution is 2.30. The second-order valence-electron chi connectivity index (χ2n) is 9.40. The number of carbonyl (C=O) groups excluding carboxylic acids is 2. The van der Waals surface area contributed by atoms with E-state index in [-0.39, 0.29) is 23.2 Å². The molecule has 1 amide bonds. The molecule has 3 rings (SSSR count). The molecule has 0 fully saturated rings. The van der Waals surface area contributed by atoms with E-state index in [1.165, 1.54) is 43.6 Å². The van der Waals surface area contributed by atoms with E-state index in [1.54, 1.807) is 19.1 Å². The molecule has 222 valence electrons. The second kappa shape index (κ2) is 15.6. The maximum atomic E-state index is 12.7. The van der Waals surface area contributed by atoms with Gasteiger partial charge in [-0.15, -0.1) is 0 Å². The van der Waals surface area contributed by atoms with Crippen molar-refractivity contribution < 1.29 is 41.7 Å². The lowest BCUT2D eigenvalue weighted by Crippen LogP contribution is -2.33. The second-order valence-corrected chi connectivity index (χ2v) is 9.40. The van der Waals surface area contributed by atoms with Gasteiger partial charge in [-0.1, -0.05) is 43.2 Å². The summed E-state index contributed by atoms with van der Waals surface area (Å²) in [4.78, 5) is 28.1. The molecule has 0 aliphatic rings. The third-order valence-corrected chi connectivity index (χ3v) is 6.11. The molecule has 11 heteroatoms. The number of hydrogen-bond donors (Lipinski definition) is 2. The number of benzene rings is 2. The summed E-state index contributed by atoms with van der Waals surface area (Å²) in [6.07, 6.45) is -1.74. The summed E-state index contributed by atoms with van der Waals surface area (Å²) < 4.78 is 60.5. The minimum absolute atomic E-state index is 0.0741. The number of aromatic hydroxyl groups is 1. The van der Waals surface area contributed by atoms with Crippen LogP contribution in [0.4, 0.5) is 17.6 Å². The van der Waals surface area contributed by atoms with Crippen LogP contribution in [0.15, 0.2) is 60.8 Å². The summed E-state index contributed by atoms with van der Waals surface area (Å²) in [6.45, 7) is 5.18. The fourth-order valence-corrected chi connectivity index (χ4v) is 3.88. The van der Waals surface area contributed by atoms with Crippen molar-refractivity contribution in [3.63, 3.8) is 0 Å². The van der Waals surface area contributed by atoms with Crippen LogP contribution in [0, 0.1) is 18.7 Å². The van der Waals surface area contributed by atoms with Crippen LogP contribution >= 0.6 is 0 Å².